The van der Waals surface area contributed by atoms with Crippen LogP contribution >= 0.6 is 0 Å². The Balaban J connectivity index is 1.85. The number of nitrogens with zero attached hydrogens (tertiary/aromatic N) is 2. The van der Waals surface area contributed by atoms with Crippen molar-refractivity contribution in [1.29, 1.82) is 0 Å². The fourth-order valence-corrected chi connectivity index (χ4v) is 2.90. The average molecular weight is 275 g/mol. The van der Waals surface area contributed by atoms with Crippen molar-refractivity contribution in [3.05, 3.63) is 35.4 Å². The van der Waals surface area contributed by atoms with Gasteiger partial charge in [0.1, 0.15) is 0 Å². The summed E-state index contributed by atoms with van der Waals surface area (Å²) in [7, 11) is 2.01. The van der Waals surface area contributed by atoms with E-state index in [0.717, 1.165) is 13.1 Å². The first-order valence-electron chi connectivity index (χ1n) is 7.91. The van der Waals surface area contributed by atoms with Crippen molar-refractivity contribution in [3.63, 3.8) is 0 Å². The van der Waals surface area contributed by atoms with Crippen LogP contribution in [0.25, 0.3) is 0 Å². The number of benzene rings is 1. The lowest BCUT2D eigenvalue weighted by atomic mass is 9.99. The molecular formula is C17H29N3. The number of nitrogens with one attached hydrogen (secondary N) is 1. The van der Waals surface area contributed by atoms with Gasteiger partial charge in [0.05, 0.1) is 0 Å². The lowest BCUT2D eigenvalue weighted by Crippen LogP contribution is -2.45. The summed E-state index contributed by atoms with van der Waals surface area (Å²) in [5.41, 5.74) is 2.87. The van der Waals surface area contributed by atoms with E-state index in [0.29, 0.717) is 5.92 Å². The highest BCUT2D eigenvalue weighted by Gasteiger charge is 2.15. The van der Waals surface area contributed by atoms with Gasteiger partial charge in [-0.05, 0) is 30.6 Å². The standard InChI is InChI=1S/C17H29N3/c1-4-19-9-11-20(12-10-19)14-16-5-7-17(8-6-16)15(2)13-18-3/h5-8,15,18H,4,9-14H2,1-3H3. The van der Waals surface area contributed by atoms with Gasteiger partial charge in [0.2, 0.25) is 0 Å². The number of rotatable bonds is 6. The van der Waals surface area contributed by atoms with E-state index in [1.165, 1.54) is 43.9 Å². The molecule has 0 aromatic heterocycles. The molecule has 1 aromatic carbocycles. The maximum absolute atomic E-state index is 3.24. The first-order valence-corrected chi connectivity index (χ1v) is 7.91. The van der Waals surface area contributed by atoms with E-state index in [1.54, 1.807) is 0 Å². The Hall–Kier alpha value is -0.900. The van der Waals surface area contributed by atoms with Crippen molar-refractivity contribution in [2.75, 3.05) is 46.3 Å². The van der Waals surface area contributed by atoms with Crippen molar-refractivity contribution in [1.82, 2.24) is 15.1 Å². The molecule has 3 heteroatoms. The quantitative estimate of drug-likeness (QED) is 0.858. The van der Waals surface area contributed by atoms with Crippen molar-refractivity contribution in [2.45, 2.75) is 26.3 Å². The van der Waals surface area contributed by atoms with E-state index in [-0.39, 0.29) is 0 Å². The molecule has 1 N–H and O–H groups in total. The molecule has 1 heterocycles. The monoisotopic (exact) mass is 275 g/mol. The van der Waals surface area contributed by atoms with E-state index < -0.39 is 0 Å². The fourth-order valence-electron chi connectivity index (χ4n) is 2.90. The van der Waals surface area contributed by atoms with Gasteiger partial charge in [-0.3, -0.25) is 4.90 Å². The van der Waals surface area contributed by atoms with Crippen LogP contribution in [-0.2, 0) is 6.54 Å². The third kappa shape index (κ3) is 4.30. The highest BCUT2D eigenvalue weighted by Crippen LogP contribution is 2.16. The van der Waals surface area contributed by atoms with Crippen molar-refractivity contribution >= 4 is 0 Å². The van der Waals surface area contributed by atoms with Crippen LogP contribution in [0.3, 0.4) is 0 Å². The summed E-state index contributed by atoms with van der Waals surface area (Å²) < 4.78 is 0. The van der Waals surface area contributed by atoms with E-state index >= 15 is 0 Å². The Morgan fingerprint density at radius 1 is 1.05 bits per heavy atom. The SMILES string of the molecule is CCN1CCN(Cc2ccc(C(C)CNC)cc2)CC1. The first kappa shape index (κ1) is 15.5. The molecule has 2 rings (SSSR count). The molecule has 0 spiro atoms. The van der Waals surface area contributed by atoms with Gasteiger partial charge in [0.25, 0.3) is 0 Å². The second-order valence-electron chi connectivity index (χ2n) is 5.91. The molecule has 1 aliphatic rings. The van der Waals surface area contributed by atoms with Crippen LogP contribution in [0.1, 0.15) is 30.9 Å². The summed E-state index contributed by atoms with van der Waals surface area (Å²) in [5.74, 6) is 0.585. The molecular weight excluding hydrogens is 246 g/mol. The molecule has 1 aromatic rings. The number of hydrogen-bond acceptors (Lipinski definition) is 3. The van der Waals surface area contributed by atoms with E-state index in [1.807, 2.05) is 7.05 Å². The summed E-state index contributed by atoms with van der Waals surface area (Å²) >= 11 is 0. The molecule has 20 heavy (non-hydrogen) atoms. The summed E-state index contributed by atoms with van der Waals surface area (Å²) in [6, 6.07) is 9.18. The van der Waals surface area contributed by atoms with Crippen LogP contribution < -0.4 is 5.32 Å². The summed E-state index contributed by atoms with van der Waals surface area (Å²) in [6.45, 7) is 12.7. The molecule has 1 unspecified atom stereocenters. The number of likely N-dealkylation sites (N-methyl/N-ethyl adjacent to an activating group) is 2. The predicted octanol–water partition coefficient (Wildman–Crippen LogP) is 2.15. The molecule has 0 bridgehead atoms. The van der Waals surface area contributed by atoms with E-state index in [9.17, 15) is 0 Å². The molecule has 112 valence electrons. The molecule has 0 saturated carbocycles. The van der Waals surface area contributed by atoms with Crippen molar-refractivity contribution in [3.8, 4) is 0 Å². The summed E-state index contributed by atoms with van der Waals surface area (Å²) in [4.78, 5) is 5.09. The fraction of sp³-hybridized carbons (Fsp3) is 0.647. The molecule has 1 saturated heterocycles. The van der Waals surface area contributed by atoms with E-state index in [2.05, 4.69) is 53.2 Å². The Kier molecular flexibility index (Phi) is 6.02. The normalized spacial score (nSPS) is 19.1. The minimum atomic E-state index is 0.585. The first-order chi connectivity index (χ1) is 9.72. The number of piperazine rings is 1. The van der Waals surface area contributed by atoms with Gasteiger partial charge in [-0.25, -0.2) is 0 Å². The van der Waals surface area contributed by atoms with Crippen LogP contribution in [0.15, 0.2) is 24.3 Å². The third-order valence-electron chi connectivity index (χ3n) is 4.38. The van der Waals surface area contributed by atoms with Crippen LogP contribution in [0.5, 0.6) is 0 Å². The van der Waals surface area contributed by atoms with Gasteiger partial charge in [-0.1, -0.05) is 38.1 Å². The molecule has 1 atom stereocenters. The third-order valence-corrected chi connectivity index (χ3v) is 4.38. The second kappa shape index (κ2) is 7.77. The van der Waals surface area contributed by atoms with Gasteiger partial charge in [0, 0.05) is 39.3 Å². The zero-order valence-electron chi connectivity index (χ0n) is 13.2. The second-order valence-corrected chi connectivity index (χ2v) is 5.91. The van der Waals surface area contributed by atoms with Gasteiger partial charge in [-0.2, -0.15) is 0 Å². The van der Waals surface area contributed by atoms with Crippen LogP contribution in [0.4, 0.5) is 0 Å². The topological polar surface area (TPSA) is 18.5 Å². The van der Waals surface area contributed by atoms with Gasteiger partial charge in [-0.15, -0.1) is 0 Å². The van der Waals surface area contributed by atoms with E-state index in [4.69, 9.17) is 0 Å². The smallest absolute Gasteiger partial charge is 0.0234 e. The average Bonchev–Trinajstić information content (AvgIpc) is 2.49. The predicted molar refractivity (Wildman–Crippen MR) is 86.2 cm³/mol. The minimum absolute atomic E-state index is 0.585. The summed E-state index contributed by atoms with van der Waals surface area (Å²) in [5, 5.41) is 3.24. The van der Waals surface area contributed by atoms with Gasteiger partial charge < -0.3 is 10.2 Å². The highest BCUT2D eigenvalue weighted by atomic mass is 15.3. The van der Waals surface area contributed by atoms with Crippen LogP contribution in [-0.4, -0.2) is 56.1 Å². The molecule has 0 radical (unpaired) electrons. The van der Waals surface area contributed by atoms with Gasteiger partial charge >= 0.3 is 0 Å². The maximum atomic E-state index is 3.24. The lowest BCUT2D eigenvalue weighted by molar-refractivity contribution is 0.132. The zero-order valence-corrected chi connectivity index (χ0v) is 13.2. The highest BCUT2D eigenvalue weighted by molar-refractivity contribution is 5.25. The Labute approximate surface area is 124 Å². The molecule has 0 amide bonds. The number of hydrogen-bond donors (Lipinski definition) is 1. The van der Waals surface area contributed by atoms with Gasteiger partial charge in [0.15, 0.2) is 0 Å². The Bertz CT molecular complexity index is 380. The molecule has 3 nitrogen and oxygen atoms in total. The molecule has 1 fully saturated rings. The lowest BCUT2D eigenvalue weighted by Gasteiger charge is -2.34. The van der Waals surface area contributed by atoms with Crippen molar-refractivity contribution < 1.29 is 0 Å². The maximum Gasteiger partial charge on any atom is 0.0234 e. The molecule has 0 aliphatic carbocycles. The van der Waals surface area contributed by atoms with Crippen molar-refractivity contribution in [2.24, 2.45) is 0 Å². The Morgan fingerprint density at radius 2 is 1.65 bits per heavy atom. The van der Waals surface area contributed by atoms with Crippen LogP contribution in [0.2, 0.25) is 0 Å². The Morgan fingerprint density at radius 3 is 2.20 bits per heavy atom. The molecule has 1 aliphatic heterocycles. The zero-order chi connectivity index (χ0) is 14.4. The minimum Gasteiger partial charge on any atom is -0.319 e. The van der Waals surface area contributed by atoms with Crippen LogP contribution in [0, 0.1) is 0 Å². The largest absolute Gasteiger partial charge is 0.319 e. The summed E-state index contributed by atoms with van der Waals surface area (Å²) in [6.07, 6.45) is 0.